The van der Waals surface area contributed by atoms with E-state index in [1.807, 2.05) is 43.1 Å². The first-order valence-electron chi connectivity index (χ1n) is 13.1. The molecule has 0 radical (unpaired) electrons. The molecule has 2 N–H and O–H groups in total. The molecule has 0 aliphatic carbocycles. The Morgan fingerprint density at radius 1 is 1.15 bits per heavy atom. The van der Waals surface area contributed by atoms with Gasteiger partial charge in [0.25, 0.3) is 5.88 Å². The number of imide groups is 1. The van der Waals surface area contributed by atoms with Crippen molar-refractivity contribution in [2.24, 2.45) is 0 Å². The van der Waals surface area contributed by atoms with Gasteiger partial charge in [-0.2, -0.15) is 0 Å². The van der Waals surface area contributed by atoms with Crippen molar-refractivity contribution in [2.45, 2.75) is 37.8 Å². The number of piperidine rings is 1. The monoisotopic (exact) mass is 551 g/mol. The lowest BCUT2D eigenvalue weighted by atomic mass is 9.89. The number of hydrogen-bond acceptors (Lipinski definition) is 8. The molecule has 3 aliphatic rings. The van der Waals surface area contributed by atoms with E-state index in [2.05, 4.69) is 22.1 Å². The SMILES string of the molecule is C=C(N1CC(OC(=C=O)NC2CN(c3cc(F)c(C4CCC(=O)NC4=O)c(F)c3)C2)C1)N(C)c1ccccc1C. The molecule has 11 heteroatoms. The molecule has 40 heavy (non-hydrogen) atoms. The van der Waals surface area contributed by atoms with Gasteiger partial charge in [-0.15, -0.1) is 0 Å². The second kappa shape index (κ2) is 11.0. The van der Waals surface area contributed by atoms with Crippen LogP contribution in [0, 0.1) is 18.6 Å². The summed E-state index contributed by atoms with van der Waals surface area (Å²) in [4.78, 5) is 40.8. The quantitative estimate of drug-likeness (QED) is 0.279. The van der Waals surface area contributed by atoms with Crippen LogP contribution in [-0.4, -0.2) is 68.0 Å². The fourth-order valence-electron chi connectivity index (χ4n) is 5.29. The summed E-state index contributed by atoms with van der Waals surface area (Å²) in [5.41, 5.74) is 2.20. The van der Waals surface area contributed by atoms with E-state index in [-0.39, 0.29) is 36.4 Å². The molecule has 0 saturated carbocycles. The van der Waals surface area contributed by atoms with Crippen LogP contribution in [0.3, 0.4) is 0 Å². The van der Waals surface area contributed by atoms with Gasteiger partial charge in [-0.25, -0.2) is 13.6 Å². The molecule has 2 amide bonds. The van der Waals surface area contributed by atoms with Crippen molar-refractivity contribution >= 4 is 29.1 Å². The number of nitrogens with one attached hydrogen (secondary N) is 2. The van der Waals surface area contributed by atoms with E-state index in [9.17, 15) is 23.2 Å². The smallest absolute Gasteiger partial charge is 0.276 e. The van der Waals surface area contributed by atoms with Crippen molar-refractivity contribution in [3.05, 3.63) is 77.4 Å². The summed E-state index contributed by atoms with van der Waals surface area (Å²) in [6.45, 7) is 8.14. The molecule has 2 aromatic rings. The van der Waals surface area contributed by atoms with Crippen molar-refractivity contribution in [3.8, 4) is 0 Å². The van der Waals surface area contributed by atoms with Gasteiger partial charge in [0.15, 0.2) is 5.94 Å². The molecule has 3 aliphatic heterocycles. The summed E-state index contributed by atoms with van der Waals surface area (Å²) >= 11 is 0. The van der Waals surface area contributed by atoms with Crippen LogP contribution >= 0.6 is 0 Å². The Balaban J connectivity index is 1.10. The highest BCUT2D eigenvalue weighted by Crippen LogP contribution is 2.33. The summed E-state index contributed by atoms with van der Waals surface area (Å²) in [5.74, 6) is -1.22. The molecule has 1 unspecified atom stereocenters. The zero-order valence-electron chi connectivity index (χ0n) is 22.4. The topological polar surface area (TPSA) is 94.2 Å². The number of rotatable bonds is 9. The highest BCUT2D eigenvalue weighted by atomic mass is 19.1. The minimum Gasteiger partial charge on any atom is -0.464 e. The lowest BCUT2D eigenvalue weighted by molar-refractivity contribution is -0.134. The number of carbonyl (C=O) groups excluding carboxylic acids is 3. The van der Waals surface area contributed by atoms with Crippen molar-refractivity contribution in [1.29, 1.82) is 0 Å². The van der Waals surface area contributed by atoms with Gasteiger partial charge in [0.05, 0.1) is 25.0 Å². The van der Waals surface area contributed by atoms with Crippen molar-refractivity contribution in [2.75, 3.05) is 43.0 Å². The van der Waals surface area contributed by atoms with Gasteiger partial charge in [0.1, 0.15) is 23.6 Å². The predicted molar refractivity (Wildman–Crippen MR) is 145 cm³/mol. The summed E-state index contributed by atoms with van der Waals surface area (Å²) in [5, 5.41) is 5.14. The fraction of sp³-hybridized carbons (Fsp3) is 0.379. The standard InChI is InChI=1S/C29H31F2N5O4/c1-17-6-4-5-7-25(17)34(3)18(2)35-14-21(15-35)40-27(16-37)32-19-12-36(13-19)20-10-23(30)28(24(31)11-20)22-8-9-26(38)33-29(22)39/h4-7,10-11,19,21-22,32H,2,8-9,12-15H2,1,3H3,(H,33,38,39). The lowest BCUT2D eigenvalue weighted by Crippen LogP contribution is -2.59. The summed E-state index contributed by atoms with van der Waals surface area (Å²) < 4.78 is 35.5. The summed E-state index contributed by atoms with van der Waals surface area (Å²) in [6.07, 6.45) is -0.112. The van der Waals surface area contributed by atoms with Crippen LogP contribution in [0.4, 0.5) is 20.2 Å². The maximum absolute atomic E-state index is 14.9. The van der Waals surface area contributed by atoms with Crippen LogP contribution in [0.1, 0.15) is 29.9 Å². The fourth-order valence-corrected chi connectivity index (χ4v) is 5.29. The third kappa shape index (κ3) is 5.37. The van der Waals surface area contributed by atoms with E-state index in [0.29, 0.717) is 31.9 Å². The first-order chi connectivity index (χ1) is 19.1. The molecular formula is C29H31F2N5O4. The van der Waals surface area contributed by atoms with E-state index in [4.69, 9.17) is 4.74 Å². The number of carbonyl (C=O) groups is 2. The number of amides is 2. The van der Waals surface area contributed by atoms with E-state index < -0.39 is 29.4 Å². The van der Waals surface area contributed by atoms with Crippen LogP contribution in [0.2, 0.25) is 0 Å². The number of nitrogens with zero attached hydrogens (tertiary/aromatic N) is 3. The highest BCUT2D eigenvalue weighted by Gasteiger charge is 2.36. The third-order valence-electron chi connectivity index (χ3n) is 7.69. The van der Waals surface area contributed by atoms with Crippen LogP contribution in [0.25, 0.3) is 0 Å². The summed E-state index contributed by atoms with van der Waals surface area (Å²) in [7, 11) is 1.96. The van der Waals surface area contributed by atoms with E-state index in [1.165, 1.54) is 12.1 Å². The number of likely N-dealkylation sites (tertiary alicyclic amines) is 1. The van der Waals surface area contributed by atoms with Gasteiger partial charge in [-0.05, 0) is 37.1 Å². The minimum absolute atomic E-state index is 0.00209. The molecule has 0 aromatic heterocycles. The number of aryl methyl sites for hydroxylation is 1. The Hall–Kier alpha value is -4.37. The second-order valence-corrected chi connectivity index (χ2v) is 10.4. The molecular weight excluding hydrogens is 520 g/mol. The van der Waals surface area contributed by atoms with Gasteiger partial charge in [0.2, 0.25) is 11.8 Å². The number of anilines is 2. The van der Waals surface area contributed by atoms with Gasteiger partial charge in [-0.3, -0.25) is 14.9 Å². The maximum atomic E-state index is 14.9. The van der Waals surface area contributed by atoms with E-state index >= 15 is 0 Å². The van der Waals surface area contributed by atoms with Crippen LogP contribution in [0.5, 0.6) is 0 Å². The van der Waals surface area contributed by atoms with Crippen molar-refractivity contribution < 1.29 is 27.9 Å². The minimum atomic E-state index is -1.04. The molecule has 3 heterocycles. The number of hydrogen-bond donors (Lipinski definition) is 2. The molecule has 0 spiro atoms. The molecule has 1 atom stereocenters. The Morgan fingerprint density at radius 3 is 2.45 bits per heavy atom. The average molecular weight is 552 g/mol. The van der Waals surface area contributed by atoms with Gasteiger partial charge in [0, 0.05) is 43.5 Å². The first-order valence-corrected chi connectivity index (χ1v) is 13.1. The number of ether oxygens (including phenoxy) is 1. The van der Waals surface area contributed by atoms with Gasteiger partial charge >= 0.3 is 0 Å². The Labute approximate surface area is 231 Å². The molecule has 5 rings (SSSR count). The van der Waals surface area contributed by atoms with E-state index in [1.54, 1.807) is 10.8 Å². The third-order valence-corrected chi connectivity index (χ3v) is 7.69. The van der Waals surface area contributed by atoms with Crippen LogP contribution < -0.4 is 20.4 Å². The molecule has 0 bridgehead atoms. The normalized spacial score (nSPS) is 19.2. The van der Waals surface area contributed by atoms with Crippen LogP contribution in [0.15, 0.2) is 54.7 Å². The second-order valence-electron chi connectivity index (χ2n) is 10.4. The maximum Gasteiger partial charge on any atom is 0.276 e. The Kier molecular flexibility index (Phi) is 7.49. The predicted octanol–water partition coefficient (Wildman–Crippen LogP) is 2.55. The van der Waals surface area contributed by atoms with Crippen molar-refractivity contribution in [1.82, 2.24) is 15.5 Å². The number of para-hydroxylation sites is 1. The largest absolute Gasteiger partial charge is 0.464 e. The summed E-state index contributed by atoms with van der Waals surface area (Å²) in [6, 6.07) is 10.2. The zero-order chi connectivity index (χ0) is 28.6. The molecule has 9 nitrogen and oxygen atoms in total. The molecule has 3 fully saturated rings. The lowest BCUT2D eigenvalue weighted by Gasteiger charge is -2.45. The van der Waals surface area contributed by atoms with E-state index in [0.717, 1.165) is 17.1 Å². The van der Waals surface area contributed by atoms with Gasteiger partial charge in [-0.1, -0.05) is 24.8 Å². The highest BCUT2D eigenvalue weighted by molar-refractivity contribution is 6.01. The Morgan fingerprint density at radius 2 is 1.82 bits per heavy atom. The zero-order valence-corrected chi connectivity index (χ0v) is 22.4. The average Bonchev–Trinajstić information content (AvgIpc) is 2.86. The van der Waals surface area contributed by atoms with Gasteiger partial charge < -0.3 is 24.8 Å². The van der Waals surface area contributed by atoms with Crippen molar-refractivity contribution in [3.63, 3.8) is 0 Å². The molecule has 210 valence electrons. The van der Waals surface area contributed by atoms with Crippen LogP contribution in [-0.2, 0) is 19.1 Å². The molecule has 3 saturated heterocycles. The first kappa shape index (κ1) is 27.2. The number of halogens is 2. The Bertz CT molecular complexity index is 1370. The molecule has 2 aromatic carbocycles. The number of benzene rings is 2.